The van der Waals surface area contributed by atoms with E-state index in [2.05, 4.69) is 5.32 Å². The highest BCUT2D eigenvalue weighted by Crippen LogP contribution is 2.45. The molecule has 0 bridgehead atoms. The van der Waals surface area contributed by atoms with Gasteiger partial charge in [0.05, 0.1) is 5.54 Å². The maximum atomic E-state index is 13.0. The van der Waals surface area contributed by atoms with Crippen LogP contribution in [0.1, 0.15) is 30.4 Å². The summed E-state index contributed by atoms with van der Waals surface area (Å²) in [4.78, 5) is 12.1. The fourth-order valence-corrected chi connectivity index (χ4v) is 2.61. The minimum absolute atomic E-state index is 0.0562. The molecule has 2 nitrogen and oxygen atoms in total. The number of amides is 1. The smallest absolute Gasteiger partial charge is 0.221 e. The van der Waals surface area contributed by atoms with Crippen LogP contribution in [-0.4, -0.2) is 5.91 Å². The third-order valence-electron chi connectivity index (χ3n) is 4.01. The van der Waals surface area contributed by atoms with E-state index in [1.165, 1.54) is 17.7 Å². The summed E-state index contributed by atoms with van der Waals surface area (Å²) in [6.07, 6.45) is 3.07. The van der Waals surface area contributed by atoms with Crippen LogP contribution in [0, 0.1) is 5.82 Å². The molecule has 1 aliphatic carbocycles. The van der Waals surface area contributed by atoms with E-state index in [4.69, 9.17) is 0 Å². The molecule has 1 aliphatic rings. The van der Waals surface area contributed by atoms with E-state index in [1.54, 1.807) is 12.1 Å². The molecule has 0 aliphatic heterocycles. The summed E-state index contributed by atoms with van der Waals surface area (Å²) in [5.41, 5.74) is 1.90. The zero-order chi connectivity index (χ0) is 14.7. The maximum Gasteiger partial charge on any atom is 0.221 e. The third-order valence-corrected chi connectivity index (χ3v) is 4.01. The van der Waals surface area contributed by atoms with Gasteiger partial charge in [0.1, 0.15) is 5.82 Å². The van der Waals surface area contributed by atoms with Crippen molar-refractivity contribution in [1.82, 2.24) is 5.32 Å². The van der Waals surface area contributed by atoms with Gasteiger partial charge in [0.2, 0.25) is 5.91 Å². The zero-order valence-corrected chi connectivity index (χ0v) is 11.8. The Labute approximate surface area is 124 Å². The molecule has 1 saturated carbocycles. The number of benzene rings is 2. The second-order valence-corrected chi connectivity index (χ2v) is 5.62. The van der Waals surface area contributed by atoms with Crippen molar-refractivity contribution in [2.45, 2.75) is 31.2 Å². The minimum Gasteiger partial charge on any atom is -0.347 e. The lowest BCUT2D eigenvalue weighted by atomic mass is 10.0. The molecule has 0 saturated heterocycles. The summed E-state index contributed by atoms with van der Waals surface area (Å²) in [7, 11) is 0. The van der Waals surface area contributed by atoms with Crippen molar-refractivity contribution < 1.29 is 9.18 Å². The van der Waals surface area contributed by atoms with Crippen molar-refractivity contribution in [2.75, 3.05) is 0 Å². The SMILES string of the molecule is O=C(CCc1ccccc1)NC1(c2ccc(F)cc2)CC1. The molecule has 3 rings (SSSR count). The number of carbonyl (C=O) groups excluding carboxylic acids is 1. The first-order valence-electron chi connectivity index (χ1n) is 7.29. The van der Waals surface area contributed by atoms with E-state index in [1.807, 2.05) is 30.3 Å². The first-order chi connectivity index (χ1) is 10.2. The first kappa shape index (κ1) is 13.8. The Bertz CT molecular complexity index is 617. The van der Waals surface area contributed by atoms with Crippen molar-refractivity contribution in [3.05, 3.63) is 71.5 Å². The average Bonchev–Trinajstić information content (AvgIpc) is 3.27. The topological polar surface area (TPSA) is 29.1 Å². The molecule has 1 amide bonds. The third kappa shape index (κ3) is 3.30. The van der Waals surface area contributed by atoms with Crippen LogP contribution in [-0.2, 0) is 16.8 Å². The van der Waals surface area contributed by atoms with Gasteiger partial charge < -0.3 is 5.32 Å². The van der Waals surface area contributed by atoms with E-state index in [0.717, 1.165) is 24.8 Å². The van der Waals surface area contributed by atoms with E-state index < -0.39 is 0 Å². The van der Waals surface area contributed by atoms with Gasteiger partial charge in [-0.25, -0.2) is 4.39 Å². The molecule has 108 valence electrons. The van der Waals surface area contributed by atoms with Crippen LogP contribution in [0.5, 0.6) is 0 Å². The predicted octanol–water partition coefficient (Wildman–Crippen LogP) is 3.56. The molecule has 2 aromatic rings. The maximum absolute atomic E-state index is 13.0. The second kappa shape index (κ2) is 5.68. The fraction of sp³-hybridized carbons (Fsp3) is 0.278. The summed E-state index contributed by atoms with van der Waals surface area (Å²) >= 11 is 0. The molecule has 0 radical (unpaired) electrons. The zero-order valence-electron chi connectivity index (χ0n) is 11.8. The highest BCUT2D eigenvalue weighted by molar-refractivity contribution is 5.77. The van der Waals surface area contributed by atoms with Crippen LogP contribution in [0.25, 0.3) is 0 Å². The molecule has 0 heterocycles. The molecule has 0 aromatic heterocycles. The standard InChI is InChI=1S/C18H18FNO/c19-16-9-7-15(8-10-16)18(12-13-18)20-17(21)11-6-14-4-2-1-3-5-14/h1-5,7-10H,6,11-13H2,(H,20,21). The highest BCUT2D eigenvalue weighted by Gasteiger charge is 2.45. The molecule has 2 aromatic carbocycles. The van der Waals surface area contributed by atoms with Gasteiger partial charge in [-0.15, -0.1) is 0 Å². The summed E-state index contributed by atoms with van der Waals surface area (Å²) in [5, 5.41) is 3.11. The van der Waals surface area contributed by atoms with E-state index >= 15 is 0 Å². The van der Waals surface area contributed by atoms with Crippen molar-refractivity contribution in [3.8, 4) is 0 Å². The van der Waals surface area contributed by atoms with Crippen LogP contribution in [0.2, 0.25) is 0 Å². The molecule has 0 atom stereocenters. The Morgan fingerprint density at radius 3 is 2.33 bits per heavy atom. The molecule has 1 fully saturated rings. The Kier molecular flexibility index (Phi) is 3.74. The van der Waals surface area contributed by atoms with Crippen LogP contribution < -0.4 is 5.32 Å². The van der Waals surface area contributed by atoms with Gasteiger partial charge in [0, 0.05) is 6.42 Å². The van der Waals surface area contributed by atoms with Gasteiger partial charge in [0.15, 0.2) is 0 Å². The molecule has 21 heavy (non-hydrogen) atoms. The van der Waals surface area contributed by atoms with Crippen LogP contribution >= 0.6 is 0 Å². The summed E-state index contributed by atoms with van der Waals surface area (Å²) < 4.78 is 13.0. The first-order valence-corrected chi connectivity index (χ1v) is 7.29. The number of hydrogen-bond acceptors (Lipinski definition) is 1. The summed E-state index contributed by atoms with van der Waals surface area (Å²) in [5.74, 6) is -0.189. The molecular weight excluding hydrogens is 265 g/mol. The predicted molar refractivity (Wildman–Crippen MR) is 80.2 cm³/mol. The van der Waals surface area contributed by atoms with Crippen LogP contribution in [0.3, 0.4) is 0 Å². The summed E-state index contributed by atoms with van der Waals surface area (Å²) in [6, 6.07) is 16.4. The van der Waals surface area contributed by atoms with Crippen LogP contribution in [0.15, 0.2) is 54.6 Å². The Balaban J connectivity index is 1.58. The quantitative estimate of drug-likeness (QED) is 0.893. The van der Waals surface area contributed by atoms with Crippen molar-refractivity contribution in [3.63, 3.8) is 0 Å². The number of aryl methyl sites for hydroxylation is 1. The normalized spacial score (nSPS) is 15.5. The van der Waals surface area contributed by atoms with E-state index in [0.29, 0.717) is 6.42 Å². The fourth-order valence-electron chi connectivity index (χ4n) is 2.61. The number of hydrogen-bond donors (Lipinski definition) is 1. The van der Waals surface area contributed by atoms with Gasteiger partial charge in [-0.2, -0.15) is 0 Å². The largest absolute Gasteiger partial charge is 0.347 e. The number of carbonyl (C=O) groups is 1. The Morgan fingerprint density at radius 2 is 1.71 bits per heavy atom. The highest BCUT2D eigenvalue weighted by atomic mass is 19.1. The Hall–Kier alpha value is -2.16. The number of rotatable bonds is 5. The van der Waals surface area contributed by atoms with E-state index in [-0.39, 0.29) is 17.3 Å². The van der Waals surface area contributed by atoms with Crippen molar-refractivity contribution in [2.24, 2.45) is 0 Å². The lowest BCUT2D eigenvalue weighted by Gasteiger charge is -2.18. The van der Waals surface area contributed by atoms with Gasteiger partial charge >= 0.3 is 0 Å². The number of halogens is 1. The minimum atomic E-state index is -0.262. The summed E-state index contributed by atoms with van der Waals surface area (Å²) in [6.45, 7) is 0. The molecule has 1 N–H and O–H groups in total. The average molecular weight is 283 g/mol. The molecule has 0 unspecified atom stereocenters. The monoisotopic (exact) mass is 283 g/mol. The van der Waals surface area contributed by atoms with Crippen molar-refractivity contribution in [1.29, 1.82) is 0 Å². The molecule has 0 spiro atoms. The van der Waals surface area contributed by atoms with Gasteiger partial charge in [-0.1, -0.05) is 42.5 Å². The Morgan fingerprint density at radius 1 is 1.05 bits per heavy atom. The van der Waals surface area contributed by atoms with Crippen LogP contribution in [0.4, 0.5) is 4.39 Å². The van der Waals surface area contributed by atoms with Gasteiger partial charge in [0.25, 0.3) is 0 Å². The lowest BCUT2D eigenvalue weighted by Crippen LogP contribution is -2.34. The lowest BCUT2D eigenvalue weighted by molar-refractivity contribution is -0.122. The molecular formula is C18H18FNO. The van der Waals surface area contributed by atoms with Gasteiger partial charge in [-0.05, 0) is 42.5 Å². The van der Waals surface area contributed by atoms with E-state index in [9.17, 15) is 9.18 Å². The number of nitrogens with one attached hydrogen (secondary N) is 1. The van der Waals surface area contributed by atoms with Gasteiger partial charge in [-0.3, -0.25) is 4.79 Å². The second-order valence-electron chi connectivity index (χ2n) is 5.62. The van der Waals surface area contributed by atoms with Crippen molar-refractivity contribution >= 4 is 5.91 Å². The molecule has 3 heteroatoms.